The first-order valence-corrected chi connectivity index (χ1v) is 3.69. The number of alkyl halides is 2. The molecular formula is C8H8F2N2O2. The number of hydrogen-bond acceptors (Lipinski definition) is 4. The van der Waals surface area contributed by atoms with Gasteiger partial charge in [-0.3, -0.25) is 0 Å². The summed E-state index contributed by atoms with van der Waals surface area (Å²) in [6.07, 6.45) is -2.74. The molecule has 0 aliphatic heterocycles. The van der Waals surface area contributed by atoms with E-state index in [1.54, 1.807) is 0 Å². The Morgan fingerprint density at radius 3 is 2.71 bits per heavy atom. The molecule has 0 spiro atoms. The molecule has 1 rings (SSSR count). The number of aromatic nitrogens is 1. The van der Waals surface area contributed by atoms with Gasteiger partial charge in [0.1, 0.15) is 5.69 Å². The minimum atomic E-state index is -2.74. The van der Waals surface area contributed by atoms with Gasteiger partial charge in [-0.05, 0) is 12.1 Å². The van der Waals surface area contributed by atoms with Crippen LogP contribution in [0, 0.1) is 0 Å². The molecule has 6 heteroatoms. The Balaban J connectivity index is 3.15. The lowest BCUT2D eigenvalue weighted by Gasteiger charge is -2.04. The summed E-state index contributed by atoms with van der Waals surface area (Å²) in [4.78, 5) is 14.4. The van der Waals surface area contributed by atoms with E-state index in [9.17, 15) is 13.6 Å². The van der Waals surface area contributed by atoms with E-state index >= 15 is 0 Å². The van der Waals surface area contributed by atoms with Gasteiger partial charge in [0, 0.05) is 0 Å². The molecule has 0 aliphatic carbocycles. The first-order chi connectivity index (χ1) is 6.56. The van der Waals surface area contributed by atoms with Gasteiger partial charge in [0.05, 0.1) is 12.8 Å². The minimum absolute atomic E-state index is 0.0150. The molecule has 0 saturated heterocycles. The number of nitrogen functional groups attached to an aromatic ring is 1. The van der Waals surface area contributed by atoms with Gasteiger partial charge in [0.2, 0.25) is 0 Å². The Morgan fingerprint density at radius 2 is 2.21 bits per heavy atom. The highest BCUT2D eigenvalue weighted by Gasteiger charge is 2.16. The molecule has 1 aromatic rings. The quantitative estimate of drug-likeness (QED) is 0.736. The van der Waals surface area contributed by atoms with E-state index in [1.165, 1.54) is 6.07 Å². The smallest absolute Gasteiger partial charge is 0.358 e. The van der Waals surface area contributed by atoms with E-state index in [1.807, 2.05) is 0 Å². The van der Waals surface area contributed by atoms with Crippen molar-refractivity contribution in [3.8, 4) is 0 Å². The van der Waals surface area contributed by atoms with Crippen LogP contribution in [-0.4, -0.2) is 18.1 Å². The number of nitrogens with two attached hydrogens (primary N) is 1. The molecule has 1 heterocycles. The molecule has 0 saturated carbocycles. The molecule has 4 nitrogen and oxygen atoms in total. The molecule has 0 amide bonds. The van der Waals surface area contributed by atoms with E-state index in [-0.39, 0.29) is 11.4 Å². The van der Waals surface area contributed by atoms with Gasteiger partial charge >= 0.3 is 5.97 Å². The second-order valence-electron chi connectivity index (χ2n) is 2.47. The monoisotopic (exact) mass is 202 g/mol. The normalized spacial score (nSPS) is 10.3. The maximum absolute atomic E-state index is 12.2. The zero-order valence-corrected chi connectivity index (χ0v) is 7.33. The Morgan fingerprint density at radius 1 is 1.57 bits per heavy atom. The molecule has 2 N–H and O–H groups in total. The molecule has 1 aromatic heterocycles. The number of methoxy groups -OCH3 is 1. The molecule has 0 fully saturated rings. The number of hydrogen-bond donors (Lipinski definition) is 1. The zero-order valence-electron chi connectivity index (χ0n) is 7.33. The van der Waals surface area contributed by atoms with Crippen molar-refractivity contribution in [3.63, 3.8) is 0 Å². The van der Waals surface area contributed by atoms with Crippen molar-refractivity contribution in [2.24, 2.45) is 0 Å². The average molecular weight is 202 g/mol. The number of pyridine rings is 1. The number of esters is 1. The number of rotatable bonds is 2. The van der Waals surface area contributed by atoms with Crippen LogP contribution in [0.25, 0.3) is 0 Å². The summed E-state index contributed by atoms with van der Waals surface area (Å²) in [5.41, 5.74) is 4.59. The van der Waals surface area contributed by atoms with Gasteiger partial charge in [-0.1, -0.05) is 0 Å². The summed E-state index contributed by atoms with van der Waals surface area (Å²) in [5.74, 6) is -0.829. The van der Waals surface area contributed by atoms with Crippen LogP contribution in [0.3, 0.4) is 0 Å². The van der Waals surface area contributed by atoms with E-state index < -0.39 is 18.1 Å². The summed E-state index contributed by atoms with van der Waals surface area (Å²) in [6, 6.07) is 2.26. The van der Waals surface area contributed by atoms with Crippen molar-refractivity contribution in [2.75, 3.05) is 12.8 Å². The second-order valence-corrected chi connectivity index (χ2v) is 2.47. The van der Waals surface area contributed by atoms with Crippen molar-refractivity contribution in [2.45, 2.75) is 6.43 Å². The second kappa shape index (κ2) is 3.99. The lowest BCUT2D eigenvalue weighted by Crippen LogP contribution is -2.10. The van der Waals surface area contributed by atoms with Gasteiger partial charge in [-0.2, -0.15) is 0 Å². The first kappa shape index (κ1) is 10.4. The molecule has 0 bridgehead atoms. The number of halogens is 2. The predicted molar refractivity (Wildman–Crippen MR) is 44.9 cm³/mol. The molecule has 0 aliphatic rings. The fourth-order valence-electron chi connectivity index (χ4n) is 0.867. The summed E-state index contributed by atoms with van der Waals surface area (Å²) in [7, 11) is 1.12. The third kappa shape index (κ3) is 1.95. The fraction of sp³-hybridized carbons (Fsp3) is 0.250. The number of ether oxygens (including phenoxy) is 1. The van der Waals surface area contributed by atoms with E-state index in [0.29, 0.717) is 0 Å². The van der Waals surface area contributed by atoms with Crippen molar-refractivity contribution < 1.29 is 18.3 Å². The Bertz CT molecular complexity index is 355. The molecule has 0 atom stereocenters. The first-order valence-electron chi connectivity index (χ1n) is 3.69. The highest BCUT2D eigenvalue weighted by atomic mass is 19.3. The number of nitrogens with zero attached hydrogens (tertiary/aromatic N) is 1. The maximum atomic E-state index is 12.2. The Labute approximate surface area is 78.7 Å². The third-order valence-corrected chi connectivity index (χ3v) is 1.55. The molecule has 76 valence electrons. The van der Waals surface area contributed by atoms with Crippen LogP contribution in [0.15, 0.2) is 12.1 Å². The topological polar surface area (TPSA) is 65.2 Å². The summed E-state index contributed by atoms with van der Waals surface area (Å²) < 4.78 is 28.7. The number of anilines is 1. The lowest BCUT2D eigenvalue weighted by molar-refractivity contribution is 0.0593. The molecule has 14 heavy (non-hydrogen) atoms. The Kier molecular flexibility index (Phi) is 2.95. The molecule has 0 aromatic carbocycles. The van der Waals surface area contributed by atoms with Crippen molar-refractivity contribution in [3.05, 3.63) is 23.5 Å². The summed E-state index contributed by atoms with van der Waals surface area (Å²) in [5, 5.41) is 0. The van der Waals surface area contributed by atoms with Crippen LogP contribution < -0.4 is 5.73 Å². The SMILES string of the molecule is COC(=O)c1nc(C(F)F)ccc1N. The standard InChI is InChI=1S/C8H8F2N2O2/c1-14-8(13)6-4(11)2-3-5(12-6)7(9)10/h2-3,7H,11H2,1H3. The number of carbonyl (C=O) groups is 1. The summed E-state index contributed by atoms with van der Waals surface area (Å²) in [6.45, 7) is 0. The maximum Gasteiger partial charge on any atom is 0.358 e. The van der Waals surface area contributed by atoms with Gasteiger partial charge < -0.3 is 10.5 Å². The van der Waals surface area contributed by atoms with E-state index in [2.05, 4.69) is 9.72 Å². The van der Waals surface area contributed by atoms with E-state index in [4.69, 9.17) is 5.73 Å². The van der Waals surface area contributed by atoms with Crippen molar-refractivity contribution in [1.82, 2.24) is 4.98 Å². The highest BCUT2D eigenvalue weighted by Crippen LogP contribution is 2.19. The van der Waals surface area contributed by atoms with Crippen LogP contribution in [0.1, 0.15) is 22.6 Å². The molecule has 0 unspecified atom stereocenters. The average Bonchev–Trinajstić information content (AvgIpc) is 2.17. The molecule has 0 radical (unpaired) electrons. The van der Waals surface area contributed by atoms with Crippen LogP contribution >= 0.6 is 0 Å². The van der Waals surface area contributed by atoms with Gasteiger partial charge in [-0.25, -0.2) is 18.6 Å². The third-order valence-electron chi connectivity index (χ3n) is 1.55. The van der Waals surface area contributed by atoms with Gasteiger partial charge in [-0.15, -0.1) is 0 Å². The largest absolute Gasteiger partial charge is 0.464 e. The predicted octanol–water partition coefficient (Wildman–Crippen LogP) is 1.39. The van der Waals surface area contributed by atoms with Gasteiger partial charge in [0.15, 0.2) is 5.69 Å². The number of carbonyl (C=O) groups excluding carboxylic acids is 1. The van der Waals surface area contributed by atoms with Crippen molar-refractivity contribution in [1.29, 1.82) is 0 Å². The van der Waals surface area contributed by atoms with Crippen LogP contribution in [0.4, 0.5) is 14.5 Å². The lowest BCUT2D eigenvalue weighted by atomic mass is 10.2. The fourth-order valence-corrected chi connectivity index (χ4v) is 0.867. The molecular weight excluding hydrogens is 194 g/mol. The zero-order chi connectivity index (χ0) is 10.7. The van der Waals surface area contributed by atoms with Crippen LogP contribution in [0.2, 0.25) is 0 Å². The van der Waals surface area contributed by atoms with E-state index in [0.717, 1.165) is 13.2 Å². The minimum Gasteiger partial charge on any atom is -0.464 e. The highest BCUT2D eigenvalue weighted by molar-refractivity contribution is 5.92. The van der Waals surface area contributed by atoms with Crippen molar-refractivity contribution >= 4 is 11.7 Å². The van der Waals surface area contributed by atoms with Gasteiger partial charge in [0.25, 0.3) is 6.43 Å². The summed E-state index contributed by atoms with van der Waals surface area (Å²) >= 11 is 0. The Hall–Kier alpha value is -1.72. The van der Waals surface area contributed by atoms with Crippen LogP contribution in [-0.2, 0) is 4.74 Å². The van der Waals surface area contributed by atoms with Crippen LogP contribution in [0.5, 0.6) is 0 Å².